The molecule has 1 atom stereocenters. The third kappa shape index (κ3) is 4.53. The zero-order valence-electron chi connectivity index (χ0n) is 10.2. The molecule has 4 nitrogen and oxygen atoms in total. The Morgan fingerprint density at radius 1 is 1.41 bits per heavy atom. The number of halogens is 1. The average molecular weight is 260 g/mol. The number of rotatable bonds is 5. The molecule has 0 spiro atoms. The van der Waals surface area contributed by atoms with Crippen molar-refractivity contribution in [2.24, 2.45) is 0 Å². The van der Waals surface area contributed by atoms with Crippen LogP contribution in [0, 0.1) is 0 Å². The van der Waals surface area contributed by atoms with E-state index in [1.54, 1.807) is 21.0 Å². The highest BCUT2D eigenvalue weighted by atomic mass is 35.5. The Hall–Kier alpha value is -1.42. The van der Waals surface area contributed by atoms with Crippen LogP contribution in [0.3, 0.4) is 0 Å². The zero-order chi connectivity index (χ0) is 12.0. The summed E-state index contributed by atoms with van der Waals surface area (Å²) in [4.78, 5) is 11.4. The largest absolute Gasteiger partial charge is 0.495 e. The Balaban J connectivity index is 0.00000256. The summed E-state index contributed by atoms with van der Waals surface area (Å²) >= 11 is 0. The molecule has 0 heterocycles. The first kappa shape index (κ1) is 15.6. The summed E-state index contributed by atoms with van der Waals surface area (Å²) < 4.78 is 10.1. The summed E-state index contributed by atoms with van der Waals surface area (Å²) in [6, 6.07) is 7.05. The fraction of sp³-hybridized carbons (Fsp3) is 0.417. The van der Waals surface area contributed by atoms with Gasteiger partial charge in [-0.05, 0) is 26.0 Å². The fourth-order valence-electron chi connectivity index (χ4n) is 1.32. The van der Waals surface area contributed by atoms with Crippen LogP contribution >= 0.6 is 12.4 Å². The van der Waals surface area contributed by atoms with E-state index < -0.39 is 6.04 Å². The number of anilines is 1. The Bertz CT molecular complexity index is 357. The van der Waals surface area contributed by atoms with Crippen molar-refractivity contribution in [1.29, 1.82) is 0 Å². The lowest BCUT2D eigenvalue weighted by Crippen LogP contribution is -2.28. The standard InChI is InChI=1S/C12H17NO3.ClH/c1-4-16-12(14)9(2)13-10-7-5-6-8-11(10)15-3;/h5-9,13H,4H2,1-3H3;1H. The first-order valence-electron chi connectivity index (χ1n) is 5.25. The van der Waals surface area contributed by atoms with E-state index in [-0.39, 0.29) is 18.4 Å². The van der Waals surface area contributed by atoms with Crippen molar-refractivity contribution < 1.29 is 14.3 Å². The van der Waals surface area contributed by atoms with E-state index in [1.807, 2.05) is 24.3 Å². The van der Waals surface area contributed by atoms with Gasteiger partial charge in [-0.3, -0.25) is 0 Å². The third-order valence-electron chi connectivity index (χ3n) is 2.12. The van der Waals surface area contributed by atoms with Gasteiger partial charge in [0.15, 0.2) is 0 Å². The van der Waals surface area contributed by atoms with E-state index in [4.69, 9.17) is 9.47 Å². The molecule has 0 saturated heterocycles. The molecular weight excluding hydrogens is 242 g/mol. The molecule has 1 unspecified atom stereocenters. The minimum absolute atomic E-state index is 0. The van der Waals surface area contributed by atoms with Gasteiger partial charge in [0.25, 0.3) is 0 Å². The smallest absolute Gasteiger partial charge is 0.328 e. The van der Waals surface area contributed by atoms with E-state index in [1.165, 1.54) is 0 Å². The number of carbonyl (C=O) groups is 1. The molecule has 0 fully saturated rings. The van der Waals surface area contributed by atoms with Crippen LogP contribution in [0.15, 0.2) is 24.3 Å². The number of benzene rings is 1. The van der Waals surface area contributed by atoms with E-state index in [2.05, 4.69) is 5.32 Å². The number of hydrogen-bond donors (Lipinski definition) is 1. The summed E-state index contributed by atoms with van der Waals surface area (Å²) in [5.74, 6) is 0.437. The van der Waals surface area contributed by atoms with Crippen LogP contribution < -0.4 is 10.1 Å². The molecule has 96 valence electrons. The minimum atomic E-state index is -0.392. The molecule has 1 rings (SSSR count). The van der Waals surface area contributed by atoms with Crippen LogP contribution in [0.5, 0.6) is 5.75 Å². The van der Waals surface area contributed by atoms with Crippen LogP contribution in [0.2, 0.25) is 0 Å². The molecule has 1 aromatic carbocycles. The van der Waals surface area contributed by atoms with Crippen molar-refractivity contribution in [3.63, 3.8) is 0 Å². The van der Waals surface area contributed by atoms with Crippen molar-refractivity contribution in [2.75, 3.05) is 19.0 Å². The van der Waals surface area contributed by atoms with Gasteiger partial charge < -0.3 is 14.8 Å². The van der Waals surface area contributed by atoms with Gasteiger partial charge in [-0.15, -0.1) is 12.4 Å². The Morgan fingerprint density at radius 2 is 2.06 bits per heavy atom. The fourth-order valence-corrected chi connectivity index (χ4v) is 1.32. The summed E-state index contributed by atoms with van der Waals surface area (Å²) in [5.41, 5.74) is 0.783. The number of ether oxygens (including phenoxy) is 2. The highest BCUT2D eigenvalue weighted by Gasteiger charge is 2.14. The zero-order valence-corrected chi connectivity index (χ0v) is 11.0. The van der Waals surface area contributed by atoms with Crippen LogP contribution in [-0.4, -0.2) is 25.7 Å². The van der Waals surface area contributed by atoms with E-state index >= 15 is 0 Å². The number of methoxy groups -OCH3 is 1. The van der Waals surface area contributed by atoms with E-state index in [0.717, 1.165) is 5.69 Å². The van der Waals surface area contributed by atoms with Crippen molar-refractivity contribution >= 4 is 24.1 Å². The molecule has 17 heavy (non-hydrogen) atoms. The minimum Gasteiger partial charge on any atom is -0.495 e. The summed E-state index contributed by atoms with van der Waals surface area (Å²) in [7, 11) is 1.59. The lowest BCUT2D eigenvalue weighted by atomic mass is 10.2. The number of carbonyl (C=O) groups excluding carboxylic acids is 1. The molecule has 0 aromatic heterocycles. The molecule has 0 bridgehead atoms. The van der Waals surface area contributed by atoms with E-state index in [9.17, 15) is 4.79 Å². The molecule has 0 saturated carbocycles. The number of para-hydroxylation sites is 2. The summed E-state index contributed by atoms with van der Waals surface area (Å²) in [5, 5.41) is 3.05. The van der Waals surface area contributed by atoms with Crippen molar-refractivity contribution in [3.05, 3.63) is 24.3 Å². The summed E-state index contributed by atoms with van der Waals surface area (Å²) in [6.45, 7) is 3.93. The maximum atomic E-state index is 11.4. The van der Waals surface area contributed by atoms with Gasteiger partial charge in [-0.2, -0.15) is 0 Å². The van der Waals surface area contributed by atoms with Gasteiger partial charge in [0.05, 0.1) is 19.4 Å². The highest BCUT2D eigenvalue weighted by Crippen LogP contribution is 2.23. The Morgan fingerprint density at radius 3 is 2.65 bits per heavy atom. The van der Waals surface area contributed by atoms with Crippen LogP contribution in [0.4, 0.5) is 5.69 Å². The van der Waals surface area contributed by atoms with Crippen molar-refractivity contribution in [3.8, 4) is 5.75 Å². The first-order valence-corrected chi connectivity index (χ1v) is 5.25. The molecule has 0 radical (unpaired) electrons. The molecule has 1 N–H and O–H groups in total. The monoisotopic (exact) mass is 259 g/mol. The van der Waals surface area contributed by atoms with Gasteiger partial charge in [-0.1, -0.05) is 12.1 Å². The number of esters is 1. The van der Waals surface area contributed by atoms with Gasteiger partial charge in [0.1, 0.15) is 11.8 Å². The van der Waals surface area contributed by atoms with E-state index in [0.29, 0.717) is 12.4 Å². The molecular formula is C12H18ClNO3. The SMILES string of the molecule is CCOC(=O)C(C)Nc1ccccc1OC.Cl. The maximum Gasteiger partial charge on any atom is 0.328 e. The van der Waals surface area contributed by atoms with Crippen molar-refractivity contribution in [2.45, 2.75) is 19.9 Å². The van der Waals surface area contributed by atoms with Gasteiger partial charge >= 0.3 is 5.97 Å². The third-order valence-corrected chi connectivity index (χ3v) is 2.12. The Labute approximate surface area is 108 Å². The second kappa shape index (κ2) is 7.79. The number of hydrogen-bond acceptors (Lipinski definition) is 4. The van der Waals surface area contributed by atoms with Crippen LogP contribution in [0.25, 0.3) is 0 Å². The van der Waals surface area contributed by atoms with Crippen LogP contribution in [-0.2, 0) is 9.53 Å². The lowest BCUT2D eigenvalue weighted by molar-refractivity contribution is -0.143. The molecule has 0 amide bonds. The van der Waals surface area contributed by atoms with Crippen LogP contribution in [0.1, 0.15) is 13.8 Å². The average Bonchev–Trinajstić information content (AvgIpc) is 2.30. The topological polar surface area (TPSA) is 47.6 Å². The Kier molecular flexibility index (Phi) is 7.14. The second-order valence-corrected chi connectivity index (χ2v) is 3.32. The quantitative estimate of drug-likeness (QED) is 0.826. The maximum absolute atomic E-state index is 11.4. The number of nitrogens with one attached hydrogen (secondary N) is 1. The molecule has 5 heteroatoms. The van der Waals surface area contributed by atoms with Gasteiger partial charge in [0.2, 0.25) is 0 Å². The van der Waals surface area contributed by atoms with Crippen molar-refractivity contribution in [1.82, 2.24) is 0 Å². The van der Waals surface area contributed by atoms with Gasteiger partial charge in [0, 0.05) is 0 Å². The lowest BCUT2D eigenvalue weighted by Gasteiger charge is -2.15. The molecule has 0 aliphatic carbocycles. The highest BCUT2D eigenvalue weighted by molar-refractivity contribution is 5.85. The predicted octanol–water partition coefficient (Wildman–Crippen LogP) is 2.48. The second-order valence-electron chi connectivity index (χ2n) is 3.32. The normalized spacial score (nSPS) is 11.0. The molecule has 0 aliphatic rings. The molecule has 0 aliphatic heterocycles. The first-order chi connectivity index (χ1) is 7.69. The molecule has 1 aromatic rings. The predicted molar refractivity (Wildman–Crippen MR) is 70.0 cm³/mol. The van der Waals surface area contributed by atoms with Gasteiger partial charge in [-0.25, -0.2) is 4.79 Å². The summed E-state index contributed by atoms with van der Waals surface area (Å²) in [6.07, 6.45) is 0.